The van der Waals surface area contributed by atoms with Gasteiger partial charge < -0.3 is 5.11 Å². The summed E-state index contributed by atoms with van der Waals surface area (Å²) in [6, 6.07) is 0. The zero-order chi connectivity index (χ0) is 11.9. The maximum Gasteiger partial charge on any atom is 0.201 e. The van der Waals surface area contributed by atoms with Crippen LogP contribution in [0.5, 0.6) is 0 Å². The van der Waals surface area contributed by atoms with E-state index in [0.29, 0.717) is 4.91 Å². The molecule has 0 aliphatic carbocycles. The molecule has 15 heavy (non-hydrogen) atoms. The highest BCUT2D eigenvalue weighted by Gasteiger charge is 2.39. The quantitative estimate of drug-likeness (QED) is 0.599. The van der Waals surface area contributed by atoms with Gasteiger partial charge in [0, 0.05) is 24.2 Å². The highest BCUT2D eigenvalue weighted by atomic mass is 35.5. The fourth-order valence-electron chi connectivity index (χ4n) is 1.17. The smallest absolute Gasteiger partial charge is 0.201 e. The van der Waals surface area contributed by atoms with Crippen LogP contribution in [0.1, 0.15) is 6.42 Å². The maximum atomic E-state index is 11.3. The molecule has 1 aliphatic rings. The van der Waals surface area contributed by atoms with Crippen molar-refractivity contribution in [1.82, 2.24) is 0 Å². The topological polar surface area (TPSA) is 119 Å². The molecule has 0 fully saturated rings. The van der Waals surface area contributed by atoms with Crippen molar-refractivity contribution in [3.63, 3.8) is 0 Å². The Hall–Kier alpha value is -0.120. The largest absolute Gasteiger partial charge is 0.396 e. The minimum Gasteiger partial charge on any atom is -0.396 e. The van der Waals surface area contributed by atoms with Crippen molar-refractivity contribution in [3.05, 3.63) is 10.1 Å². The lowest BCUT2D eigenvalue weighted by molar-refractivity contribution is 0.301. The molecule has 88 valence electrons. The first-order chi connectivity index (χ1) is 6.71. The minimum atomic E-state index is -3.57. The van der Waals surface area contributed by atoms with Gasteiger partial charge in [0.25, 0.3) is 0 Å². The van der Waals surface area contributed by atoms with E-state index in [4.69, 9.17) is 27.0 Å². The first kappa shape index (κ1) is 12.9. The molecule has 1 aliphatic heterocycles. The molecule has 1 rings (SSSR count). The van der Waals surface area contributed by atoms with Crippen molar-refractivity contribution >= 4 is 36.2 Å². The number of nitrogens with two attached hydrogens (primary N) is 2. The van der Waals surface area contributed by atoms with E-state index in [9.17, 15) is 8.42 Å². The van der Waals surface area contributed by atoms with E-state index in [0.717, 1.165) is 6.26 Å². The number of aliphatic hydroxyl groups is 1. The molecular formula is C6H12ClN3O3S2. The summed E-state index contributed by atoms with van der Waals surface area (Å²) in [7, 11) is -6.21. The monoisotopic (exact) mass is 273 g/mol. The van der Waals surface area contributed by atoms with Crippen LogP contribution in [0, 0.1) is 0 Å². The van der Waals surface area contributed by atoms with E-state index < -0.39 is 20.2 Å². The van der Waals surface area contributed by atoms with Crippen LogP contribution in [0.25, 0.3) is 0 Å². The second-order valence-electron chi connectivity index (χ2n) is 3.05. The highest BCUT2D eigenvalue weighted by molar-refractivity contribution is 8.55. The lowest BCUT2D eigenvalue weighted by Crippen LogP contribution is -2.32. The van der Waals surface area contributed by atoms with E-state index >= 15 is 0 Å². The van der Waals surface area contributed by atoms with Gasteiger partial charge in [-0.3, -0.25) is 10.3 Å². The second-order valence-corrected chi connectivity index (χ2v) is 7.89. The number of rotatable bonds is 2. The SMILES string of the molecule is CS(=O)(=O)C1=NC(Cl)=C(CCO)S1(N)N. The Morgan fingerprint density at radius 3 is 2.40 bits per heavy atom. The van der Waals surface area contributed by atoms with Crippen molar-refractivity contribution in [3.8, 4) is 0 Å². The van der Waals surface area contributed by atoms with Gasteiger partial charge in [-0.1, -0.05) is 22.0 Å². The Balaban J connectivity index is 3.21. The minimum absolute atomic E-state index is 0.0236. The molecule has 0 aromatic rings. The summed E-state index contributed by atoms with van der Waals surface area (Å²) in [6.45, 7) is -0.207. The third kappa shape index (κ3) is 2.35. The van der Waals surface area contributed by atoms with Crippen LogP contribution >= 0.6 is 22.0 Å². The highest BCUT2D eigenvalue weighted by Crippen LogP contribution is 2.52. The van der Waals surface area contributed by atoms with Gasteiger partial charge in [0.05, 0.1) is 0 Å². The lowest BCUT2D eigenvalue weighted by atomic mass is 10.4. The third-order valence-corrected chi connectivity index (χ3v) is 6.54. The van der Waals surface area contributed by atoms with Crippen LogP contribution in [-0.2, 0) is 9.84 Å². The van der Waals surface area contributed by atoms with Gasteiger partial charge >= 0.3 is 0 Å². The number of hydrogen-bond acceptors (Lipinski definition) is 6. The molecule has 0 saturated heterocycles. The van der Waals surface area contributed by atoms with E-state index in [1.165, 1.54) is 0 Å². The van der Waals surface area contributed by atoms with Gasteiger partial charge in [-0.2, -0.15) is 0 Å². The van der Waals surface area contributed by atoms with Crippen molar-refractivity contribution < 1.29 is 13.5 Å². The van der Waals surface area contributed by atoms with Crippen LogP contribution in [0.15, 0.2) is 15.1 Å². The second kappa shape index (κ2) is 4.04. The number of nitrogens with zero attached hydrogens (tertiary/aromatic N) is 1. The summed E-state index contributed by atoms with van der Waals surface area (Å²) in [5.74, 6) is 0. The molecule has 0 amide bonds. The molecule has 0 atom stereocenters. The Labute approximate surface area is 94.5 Å². The number of hydrogen-bond donors (Lipinski definition) is 3. The van der Waals surface area contributed by atoms with Gasteiger partial charge in [-0.15, -0.1) is 0 Å². The normalized spacial score (nSPS) is 22.9. The van der Waals surface area contributed by atoms with E-state index in [1.54, 1.807) is 0 Å². The predicted octanol–water partition coefficient (Wildman–Crippen LogP) is -0.257. The van der Waals surface area contributed by atoms with Crippen LogP contribution in [0.3, 0.4) is 0 Å². The molecule has 0 bridgehead atoms. The lowest BCUT2D eigenvalue weighted by Gasteiger charge is -2.28. The van der Waals surface area contributed by atoms with Gasteiger partial charge in [-0.25, -0.2) is 13.4 Å². The Bertz CT molecular complexity index is 441. The summed E-state index contributed by atoms with van der Waals surface area (Å²) in [5, 5.41) is 20.2. The average molecular weight is 274 g/mol. The van der Waals surface area contributed by atoms with Crippen LogP contribution in [0.2, 0.25) is 0 Å². The molecule has 1 heterocycles. The number of aliphatic imine (C=N–C) groups is 1. The van der Waals surface area contributed by atoms with E-state index in [2.05, 4.69) is 4.99 Å². The number of sulfone groups is 1. The Morgan fingerprint density at radius 2 is 2.07 bits per heavy atom. The summed E-state index contributed by atoms with van der Waals surface area (Å²) < 4.78 is 22.4. The van der Waals surface area contributed by atoms with Crippen molar-refractivity contribution in [2.45, 2.75) is 6.42 Å². The van der Waals surface area contributed by atoms with Gasteiger partial charge in [0.1, 0.15) is 5.16 Å². The van der Waals surface area contributed by atoms with Crippen LogP contribution in [-0.4, -0.2) is 30.8 Å². The van der Waals surface area contributed by atoms with Crippen molar-refractivity contribution in [1.29, 1.82) is 0 Å². The molecule has 0 radical (unpaired) electrons. The zero-order valence-corrected chi connectivity index (χ0v) is 10.4. The molecule has 5 N–H and O–H groups in total. The summed E-state index contributed by atoms with van der Waals surface area (Å²) in [4.78, 5) is 3.97. The van der Waals surface area contributed by atoms with Crippen molar-refractivity contribution in [2.75, 3.05) is 12.9 Å². The standard InChI is InChI=1S/C6H12ClN3O3S2/c1-14(12,13)6-10-5(7)4(2-3-11)15(6,8)9/h11H,2-3,8-9H2,1H3. The Kier molecular flexibility index (Phi) is 3.49. The fourth-order valence-corrected chi connectivity index (χ4v) is 5.60. The number of aliphatic hydroxyl groups excluding tert-OH is 1. The predicted molar refractivity (Wildman–Crippen MR) is 62.8 cm³/mol. The van der Waals surface area contributed by atoms with E-state index in [-0.39, 0.29) is 22.6 Å². The van der Waals surface area contributed by atoms with Crippen molar-refractivity contribution in [2.24, 2.45) is 15.3 Å². The summed E-state index contributed by atoms with van der Waals surface area (Å²) >= 11 is 5.72. The average Bonchev–Trinajstić information content (AvgIpc) is 2.27. The molecule has 0 aromatic heterocycles. The molecule has 9 heteroatoms. The third-order valence-electron chi connectivity index (χ3n) is 1.77. The zero-order valence-electron chi connectivity index (χ0n) is 7.97. The molecule has 6 nitrogen and oxygen atoms in total. The first-order valence-corrected chi connectivity index (χ1v) is 7.91. The molecule has 0 unspecified atom stereocenters. The Morgan fingerprint density at radius 1 is 1.53 bits per heavy atom. The van der Waals surface area contributed by atoms with E-state index in [1.807, 2.05) is 0 Å². The number of halogens is 1. The van der Waals surface area contributed by atoms with Crippen LogP contribution < -0.4 is 10.3 Å². The molecule has 0 aromatic carbocycles. The summed E-state index contributed by atoms with van der Waals surface area (Å²) in [5.41, 5.74) is 0. The molecule has 0 spiro atoms. The summed E-state index contributed by atoms with van der Waals surface area (Å²) in [6.07, 6.45) is 1.10. The van der Waals surface area contributed by atoms with Crippen LogP contribution in [0.4, 0.5) is 0 Å². The van der Waals surface area contributed by atoms with Gasteiger partial charge in [-0.05, 0) is 0 Å². The van der Waals surface area contributed by atoms with Gasteiger partial charge in [0.2, 0.25) is 4.38 Å². The maximum absolute atomic E-state index is 11.3. The van der Waals surface area contributed by atoms with Gasteiger partial charge in [0.15, 0.2) is 9.84 Å². The fraction of sp³-hybridized carbons (Fsp3) is 0.500. The molecule has 0 saturated carbocycles. The first-order valence-electron chi connectivity index (χ1n) is 3.88. The molecular weight excluding hydrogens is 262 g/mol.